The van der Waals surface area contributed by atoms with Gasteiger partial charge in [0.15, 0.2) is 11.0 Å². The fourth-order valence-corrected chi connectivity index (χ4v) is 1.91. The highest BCUT2D eigenvalue weighted by Gasteiger charge is 2.11. The van der Waals surface area contributed by atoms with Crippen LogP contribution in [0.4, 0.5) is 5.82 Å². The van der Waals surface area contributed by atoms with Crippen molar-refractivity contribution in [2.75, 3.05) is 5.32 Å². The van der Waals surface area contributed by atoms with Crippen molar-refractivity contribution in [3.63, 3.8) is 0 Å². The lowest BCUT2D eigenvalue weighted by Crippen LogP contribution is -2.20. The van der Waals surface area contributed by atoms with E-state index < -0.39 is 0 Å². The molecule has 96 valence electrons. The smallest absolute Gasteiger partial charge is 0.155 e. The van der Waals surface area contributed by atoms with E-state index in [1.165, 1.54) is 0 Å². The molecule has 0 aliphatic rings. The predicted octanol–water partition coefficient (Wildman–Crippen LogP) is 3.38. The first-order valence-electron chi connectivity index (χ1n) is 5.86. The Kier molecular flexibility index (Phi) is 3.87. The first-order chi connectivity index (χ1) is 8.58. The Morgan fingerprint density at radius 3 is 2.78 bits per heavy atom. The number of hydrogen-bond donors (Lipinski definition) is 1. The lowest BCUT2D eigenvalue weighted by Gasteiger charge is -2.15. The van der Waals surface area contributed by atoms with E-state index in [1.807, 2.05) is 26.0 Å². The molecule has 0 aliphatic heterocycles. The molecular weight excluding hydrogens is 250 g/mol. The van der Waals surface area contributed by atoms with Crippen LogP contribution in [0.1, 0.15) is 23.8 Å². The summed E-state index contributed by atoms with van der Waals surface area (Å²) >= 11 is 5.92. The van der Waals surface area contributed by atoms with Crippen LogP contribution in [0.2, 0.25) is 5.15 Å². The van der Waals surface area contributed by atoms with E-state index in [2.05, 4.69) is 22.4 Å². The van der Waals surface area contributed by atoms with Crippen molar-refractivity contribution in [2.24, 2.45) is 0 Å². The molecule has 0 saturated carbocycles. The number of nitrogens with zero attached hydrogens (tertiary/aromatic N) is 2. The molecule has 5 heteroatoms. The van der Waals surface area contributed by atoms with Gasteiger partial charge in [-0.2, -0.15) is 0 Å². The Morgan fingerprint density at radius 2 is 2.11 bits per heavy atom. The molecule has 0 saturated heterocycles. The molecular formula is C13H16ClN3O. The summed E-state index contributed by atoms with van der Waals surface area (Å²) in [6.07, 6.45) is 2.48. The van der Waals surface area contributed by atoms with Gasteiger partial charge in [-0.15, -0.1) is 10.2 Å². The van der Waals surface area contributed by atoms with Gasteiger partial charge in [-0.3, -0.25) is 0 Å². The third-order valence-corrected chi connectivity index (χ3v) is 3.29. The summed E-state index contributed by atoms with van der Waals surface area (Å²) in [6.45, 7) is 6.00. The summed E-state index contributed by atoms with van der Waals surface area (Å²) in [7, 11) is 0. The highest BCUT2D eigenvalue weighted by atomic mass is 35.5. The van der Waals surface area contributed by atoms with E-state index in [1.54, 1.807) is 6.26 Å². The van der Waals surface area contributed by atoms with Crippen molar-refractivity contribution in [3.8, 4) is 0 Å². The molecule has 2 rings (SSSR count). The zero-order valence-electron chi connectivity index (χ0n) is 10.7. The van der Waals surface area contributed by atoms with Crippen LogP contribution in [0.3, 0.4) is 0 Å². The van der Waals surface area contributed by atoms with Crippen LogP contribution in [0.25, 0.3) is 0 Å². The van der Waals surface area contributed by atoms with Gasteiger partial charge >= 0.3 is 0 Å². The van der Waals surface area contributed by atoms with E-state index >= 15 is 0 Å². The van der Waals surface area contributed by atoms with E-state index in [9.17, 15) is 0 Å². The second kappa shape index (κ2) is 5.40. The van der Waals surface area contributed by atoms with Crippen LogP contribution in [-0.2, 0) is 6.42 Å². The van der Waals surface area contributed by atoms with Crippen LogP contribution in [0.5, 0.6) is 0 Å². The summed E-state index contributed by atoms with van der Waals surface area (Å²) in [5.41, 5.74) is 1.99. The average molecular weight is 266 g/mol. The second-order valence-electron chi connectivity index (χ2n) is 4.42. The summed E-state index contributed by atoms with van der Waals surface area (Å²) in [6, 6.07) is 4.06. The zero-order valence-corrected chi connectivity index (χ0v) is 11.5. The van der Waals surface area contributed by atoms with Crippen molar-refractivity contribution in [1.82, 2.24) is 10.2 Å². The van der Waals surface area contributed by atoms with Gasteiger partial charge in [0.05, 0.1) is 6.26 Å². The summed E-state index contributed by atoms with van der Waals surface area (Å²) in [5, 5.41) is 11.8. The molecule has 2 heterocycles. The minimum absolute atomic E-state index is 0.213. The first-order valence-corrected chi connectivity index (χ1v) is 6.24. The van der Waals surface area contributed by atoms with Crippen molar-refractivity contribution in [3.05, 3.63) is 40.4 Å². The van der Waals surface area contributed by atoms with Crippen LogP contribution < -0.4 is 5.32 Å². The molecule has 18 heavy (non-hydrogen) atoms. The number of furan rings is 1. The summed E-state index contributed by atoms with van der Waals surface area (Å²) in [4.78, 5) is 0. The van der Waals surface area contributed by atoms with Gasteiger partial charge in [0, 0.05) is 12.5 Å². The van der Waals surface area contributed by atoms with Crippen molar-refractivity contribution < 1.29 is 4.42 Å². The van der Waals surface area contributed by atoms with E-state index in [-0.39, 0.29) is 6.04 Å². The number of nitrogens with one attached hydrogen (secondary N) is 1. The minimum Gasteiger partial charge on any atom is -0.469 e. The number of aromatic nitrogens is 2. The molecule has 0 aromatic carbocycles. The van der Waals surface area contributed by atoms with Crippen LogP contribution >= 0.6 is 11.6 Å². The Bertz CT molecular complexity index is 525. The van der Waals surface area contributed by atoms with Crippen molar-refractivity contribution in [1.29, 1.82) is 0 Å². The molecule has 0 fully saturated rings. The maximum atomic E-state index is 5.92. The quantitative estimate of drug-likeness (QED) is 0.921. The first kappa shape index (κ1) is 12.9. The Morgan fingerprint density at radius 1 is 1.33 bits per heavy atom. The Hall–Kier alpha value is -1.55. The molecule has 0 aliphatic carbocycles. The number of halogens is 1. The van der Waals surface area contributed by atoms with Gasteiger partial charge < -0.3 is 9.73 Å². The van der Waals surface area contributed by atoms with E-state index in [0.717, 1.165) is 29.1 Å². The molecule has 2 aromatic rings. The largest absolute Gasteiger partial charge is 0.469 e. The zero-order chi connectivity index (χ0) is 13.1. The van der Waals surface area contributed by atoms with Gasteiger partial charge in [-0.1, -0.05) is 11.6 Å². The number of anilines is 1. The van der Waals surface area contributed by atoms with Gasteiger partial charge in [0.25, 0.3) is 0 Å². The molecule has 1 atom stereocenters. The van der Waals surface area contributed by atoms with E-state index in [4.69, 9.17) is 16.0 Å². The van der Waals surface area contributed by atoms with Crippen molar-refractivity contribution >= 4 is 17.4 Å². The molecule has 2 aromatic heterocycles. The second-order valence-corrected chi connectivity index (χ2v) is 4.78. The third-order valence-electron chi connectivity index (χ3n) is 2.94. The lowest BCUT2D eigenvalue weighted by molar-refractivity contribution is 0.497. The van der Waals surface area contributed by atoms with Gasteiger partial charge in [-0.05, 0) is 44.0 Å². The summed E-state index contributed by atoms with van der Waals surface area (Å²) < 4.78 is 5.32. The van der Waals surface area contributed by atoms with Gasteiger partial charge in [-0.25, -0.2) is 0 Å². The van der Waals surface area contributed by atoms with Crippen LogP contribution in [0, 0.1) is 13.8 Å². The molecule has 4 nitrogen and oxygen atoms in total. The molecule has 1 unspecified atom stereocenters. The fourth-order valence-electron chi connectivity index (χ4n) is 1.73. The summed E-state index contributed by atoms with van der Waals surface area (Å²) in [5.74, 6) is 1.72. The molecule has 0 radical (unpaired) electrons. The molecule has 0 bridgehead atoms. The standard InChI is InChI=1S/C13H16ClN3O/c1-8(7-11-5-4-6-18-11)15-13-10(3)9(2)12(14)16-17-13/h4-6,8H,7H2,1-3H3,(H,15,17). The SMILES string of the molecule is Cc1c(Cl)nnc(NC(C)Cc2ccco2)c1C. The maximum absolute atomic E-state index is 5.92. The average Bonchev–Trinajstić information content (AvgIpc) is 2.83. The van der Waals surface area contributed by atoms with Gasteiger partial charge in [0.2, 0.25) is 0 Å². The minimum atomic E-state index is 0.213. The topological polar surface area (TPSA) is 51.0 Å². The molecule has 1 N–H and O–H groups in total. The number of hydrogen-bond acceptors (Lipinski definition) is 4. The predicted molar refractivity (Wildman–Crippen MR) is 72.0 cm³/mol. The molecule has 0 amide bonds. The van der Waals surface area contributed by atoms with Crippen molar-refractivity contribution in [2.45, 2.75) is 33.2 Å². The number of rotatable bonds is 4. The third kappa shape index (κ3) is 2.82. The maximum Gasteiger partial charge on any atom is 0.155 e. The highest BCUT2D eigenvalue weighted by Crippen LogP contribution is 2.21. The van der Waals surface area contributed by atoms with Crippen LogP contribution in [0.15, 0.2) is 22.8 Å². The monoisotopic (exact) mass is 265 g/mol. The Balaban J connectivity index is 2.07. The molecule has 0 spiro atoms. The Labute approximate surface area is 111 Å². The normalized spacial score (nSPS) is 12.4. The van der Waals surface area contributed by atoms with Gasteiger partial charge in [0.1, 0.15) is 5.76 Å². The fraction of sp³-hybridized carbons (Fsp3) is 0.385. The highest BCUT2D eigenvalue weighted by molar-refractivity contribution is 6.30. The van der Waals surface area contributed by atoms with E-state index in [0.29, 0.717) is 5.15 Å². The van der Waals surface area contributed by atoms with Crippen LogP contribution in [-0.4, -0.2) is 16.2 Å². The lowest BCUT2D eigenvalue weighted by atomic mass is 10.1.